The number of benzene rings is 2. The number of rotatable bonds is 5. The van der Waals surface area contributed by atoms with Crippen LogP contribution in [0.4, 0.5) is 5.69 Å². The number of aromatic nitrogens is 1. The summed E-state index contributed by atoms with van der Waals surface area (Å²) in [4.78, 5) is 4.14. The summed E-state index contributed by atoms with van der Waals surface area (Å²) >= 11 is 0. The number of anilines is 1. The molecule has 0 spiro atoms. The van der Waals surface area contributed by atoms with Crippen LogP contribution < -0.4 is 5.32 Å². The van der Waals surface area contributed by atoms with E-state index in [0.29, 0.717) is 23.4 Å². The van der Waals surface area contributed by atoms with Crippen molar-refractivity contribution >= 4 is 5.69 Å². The lowest BCUT2D eigenvalue weighted by Gasteiger charge is -2.13. The minimum Gasteiger partial charge on any atom is -0.506 e. The summed E-state index contributed by atoms with van der Waals surface area (Å²) < 4.78 is 0. The van der Waals surface area contributed by atoms with Crippen LogP contribution in [0.3, 0.4) is 0 Å². The molecule has 0 atom stereocenters. The Kier molecular flexibility index (Phi) is 7.55. The molecule has 28 heavy (non-hydrogen) atoms. The third kappa shape index (κ3) is 4.87. The van der Waals surface area contributed by atoms with Crippen LogP contribution >= 0.6 is 0 Å². The van der Waals surface area contributed by atoms with Crippen LogP contribution in [0, 0.1) is 18.3 Å². The van der Waals surface area contributed by atoms with Crippen LogP contribution in [-0.4, -0.2) is 15.2 Å². The number of hydrogen-bond acceptors (Lipinski definition) is 5. The Morgan fingerprint density at radius 3 is 2.11 bits per heavy atom. The fourth-order valence-electron chi connectivity index (χ4n) is 2.73. The molecule has 3 rings (SSSR count). The SMILES string of the molecule is CC.Cc1ncc(CNc2ccc(-c3ccc(C#N)cc3)cc2)c(CO)c1O. The molecule has 0 radical (unpaired) electrons. The lowest BCUT2D eigenvalue weighted by molar-refractivity contribution is 0.273. The molecule has 1 aromatic heterocycles. The van der Waals surface area contributed by atoms with E-state index in [4.69, 9.17) is 5.26 Å². The zero-order chi connectivity index (χ0) is 20.5. The summed E-state index contributed by atoms with van der Waals surface area (Å²) in [6.07, 6.45) is 1.67. The maximum Gasteiger partial charge on any atom is 0.142 e. The van der Waals surface area contributed by atoms with Gasteiger partial charge in [0.05, 0.1) is 23.9 Å². The zero-order valence-electron chi connectivity index (χ0n) is 16.4. The van der Waals surface area contributed by atoms with E-state index in [-0.39, 0.29) is 12.4 Å². The third-order valence-corrected chi connectivity index (χ3v) is 4.30. The molecule has 0 unspecified atom stereocenters. The molecule has 5 heteroatoms. The smallest absolute Gasteiger partial charge is 0.142 e. The van der Waals surface area contributed by atoms with Crippen LogP contribution in [0.2, 0.25) is 0 Å². The van der Waals surface area contributed by atoms with Gasteiger partial charge in [0.25, 0.3) is 0 Å². The minimum atomic E-state index is -0.232. The van der Waals surface area contributed by atoms with E-state index in [0.717, 1.165) is 22.4 Å². The van der Waals surface area contributed by atoms with Crippen molar-refractivity contribution in [3.8, 4) is 22.9 Å². The first-order valence-electron chi connectivity index (χ1n) is 9.24. The second-order valence-electron chi connectivity index (χ2n) is 5.97. The monoisotopic (exact) mass is 375 g/mol. The highest BCUT2D eigenvalue weighted by Crippen LogP contribution is 2.25. The van der Waals surface area contributed by atoms with Gasteiger partial charge in [0.2, 0.25) is 0 Å². The Bertz CT molecular complexity index is 943. The minimum absolute atomic E-state index is 0.0444. The summed E-state index contributed by atoms with van der Waals surface area (Å²) in [6, 6.07) is 17.5. The summed E-state index contributed by atoms with van der Waals surface area (Å²) in [6.45, 7) is 5.92. The standard InChI is InChI=1S/C21H19N3O2.C2H6/c1-14-21(26)20(13-25)18(11-23-14)12-24-19-8-6-17(7-9-19)16-4-2-15(10-22)3-5-16;1-2/h2-9,11,24-26H,12-13H2,1H3;1-2H3. The molecular formula is C23H25N3O2. The Labute approximate surface area is 165 Å². The van der Waals surface area contributed by atoms with Crippen molar-refractivity contribution in [3.63, 3.8) is 0 Å². The third-order valence-electron chi connectivity index (χ3n) is 4.30. The van der Waals surface area contributed by atoms with E-state index in [1.165, 1.54) is 0 Å². The molecule has 0 saturated heterocycles. The molecule has 1 heterocycles. The molecule has 3 aromatic rings. The van der Waals surface area contributed by atoms with Crippen molar-refractivity contribution in [2.45, 2.75) is 33.9 Å². The van der Waals surface area contributed by atoms with Gasteiger partial charge < -0.3 is 15.5 Å². The Morgan fingerprint density at radius 1 is 1.00 bits per heavy atom. The van der Waals surface area contributed by atoms with E-state index < -0.39 is 0 Å². The van der Waals surface area contributed by atoms with E-state index in [2.05, 4.69) is 16.4 Å². The molecule has 144 valence electrons. The lowest BCUT2D eigenvalue weighted by Crippen LogP contribution is -2.05. The summed E-state index contributed by atoms with van der Waals surface area (Å²) in [5, 5.41) is 31.6. The fourth-order valence-corrected chi connectivity index (χ4v) is 2.73. The van der Waals surface area contributed by atoms with Crippen molar-refractivity contribution < 1.29 is 10.2 Å². The van der Waals surface area contributed by atoms with E-state index in [1.54, 1.807) is 25.3 Å². The number of hydrogen-bond donors (Lipinski definition) is 3. The number of nitrogens with zero attached hydrogens (tertiary/aromatic N) is 2. The molecule has 0 saturated carbocycles. The molecule has 0 aliphatic carbocycles. The molecule has 5 nitrogen and oxygen atoms in total. The van der Waals surface area contributed by atoms with Crippen molar-refractivity contribution in [2.24, 2.45) is 0 Å². The summed E-state index contributed by atoms with van der Waals surface area (Å²) in [5.41, 5.74) is 5.43. The van der Waals surface area contributed by atoms with Gasteiger partial charge in [-0.15, -0.1) is 0 Å². The second kappa shape index (κ2) is 10.1. The number of aliphatic hydroxyl groups is 1. The number of nitrogens with one attached hydrogen (secondary N) is 1. The molecule has 0 amide bonds. The van der Waals surface area contributed by atoms with Gasteiger partial charge in [-0.3, -0.25) is 4.98 Å². The zero-order valence-corrected chi connectivity index (χ0v) is 16.4. The molecule has 0 aliphatic rings. The Morgan fingerprint density at radius 2 is 1.57 bits per heavy atom. The van der Waals surface area contributed by atoms with Crippen molar-refractivity contribution in [2.75, 3.05) is 5.32 Å². The first-order chi connectivity index (χ1) is 13.6. The summed E-state index contributed by atoms with van der Waals surface area (Å²) in [5.74, 6) is 0.0444. The van der Waals surface area contributed by atoms with Gasteiger partial charge in [-0.2, -0.15) is 5.26 Å². The van der Waals surface area contributed by atoms with Crippen molar-refractivity contribution in [3.05, 3.63) is 77.1 Å². The highest BCUT2D eigenvalue weighted by Gasteiger charge is 2.10. The van der Waals surface area contributed by atoms with Crippen LogP contribution in [0.25, 0.3) is 11.1 Å². The highest BCUT2D eigenvalue weighted by molar-refractivity contribution is 5.66. The normalized spacial score (nSPS) is 9.82. The predicted octanol–water partition coefficient (Wildman–Crippen LogP) is 4.76. The molecule has 0 fully saturated rings. The quantitative estimate of drug-likeness (QED) is 0.598. The van der Waals surface area contributed by atoms with Gasteiger partial charge in [0.15, 0.2) is 0 Å². The second-order valence-corrected chi connectivity index (χ2v) is 5.97. The van der Waals surface area contributed by atoms with Gasteiger partial charge >= 0.3 is 0 Å². The Hall–Kier alpha value is -3.36. The van der Waals surface area contributed by atoms with Crippen LogP contribution in [0.1, 0.15) is 36.2 Å². The van der Waals surface area contributed by atoms with Crippen molar-refractivity contribution in [1.82, 2.24) is 4.98 Å². The van der Waals surface area contributed by atoms with E-state index >= 15 is 0 Å². The molecular weight excluding hydrogens is 350 g/mol. The van der Waals surface area contributed by atoms with E-state index in [9.17, 15) is 10.2 Å². The van der Waals surface area contributed by atoms with Gasteiger partial charge in [-0.1, -0.05) is 38.1 Å². The average Bonchev–Trinajstić information content (AvgIpc) is 2.76. The van der Waals surface area contributed by atoms with Crippen LogP contribution in [-0.2, 0) is 13.2 Å². The van der Waals surface area contributed by atoms with Gasteiger partial charge in [0.1, 0.15) is 5.75 Å². The average molecular weight is 375 g/mol. The van der Waals surface area contributed by atoms with Gasteiger partial charge in [0, 0.05) is 24.0 Å². The molecule has 0 aliphatic heterocycles. The number of aliphatic hydroxyl groups excluding tert-OH is 1. The van der Waals surface area contributed by atoms with Crippen molar-refractivity contribution in [1.29, 1.82) is 5.26 Å². The number of aryl methyl sites for hydroxylation is 1. The maximum absolute atomic E-state index is 10.0. The van der Waals surface area contributed by atoms with Crippen LogP contribution in [0.5, 0.6) is 5.75 Å². The summed E-state index contributed by atoms with van der Waals surface area (Å²) in [7, 11) is 0. The largest absolute Gasteiger partial charge is 0.506 e. The maximum atomic E-state index is 10.0. The number of pyridine rings is 1. The topological polar surface area (TPSA) is 89.2 Å². The Balaban J connectivity index is 0.00000136. The molecule has 3 N–H and O–H groups in total. The predicted molar refractivity (Wildman–Crippen MR) is 112 cm³/mol. The molecule has 2 aromatic carbocycles. The van der Waals surface area contributed by atoms with Gasteiger partial charge in [-0.25, -0.2) is 0 Å². The number of aromatic hydroxyl groups is 1. The lowest BCUT2D eigenvalue weighted by atomic mass is 10.0. The fraction of sp³-hybridized carbons (Fsp3) is 0.217. The van der Waals surface area contributed by atoms with E-state index in [1.807, 2.05) is 50.2 Å². The highest BCUT2D eigenvalue weighted by atomic mass is 16.3. The van der Waals surface area contributed by atoms with Crippen LogP contribution in [0.15, 0.2) is 54.7 Å². The number of nitriles is 1. The first kappa shape index (κ1) is 20.9. The first-order valence-corrected chi connectivity index (χ1v) is 9.24. The molecule has 0 bridgehead atoms. The van der Waals surface area contributed by atoms with Gasteiger partial charge in [-0.05, 0) is 47.9 Å².